The van der Waals surface area contributed by atoms with Crippen molar-refractivity contribution in [3.05, 3.63) is 158 Å². The Morgan fingerprint density at radius 1 is 0.271 bits per heavy atom. The first-order valence-electron chi connectivity index (χ1n) is 41.8. The molecule has 0 saturated heterocycles. The highest BCUT2D eigenvalue weighted by Gasteiger charge is 2.29. The van der Waals surface area contributed by atoms with Gasteiger partial charge in [-0.3, -0.25) is 32.5 Å². The smallest absolute Gasteiger partial charge is 0.463 e. The molecule has 0 aromatic rings. The molecule has 0 amide bonds. The number of carbonyl (C=O) groups is 3. The van der Waals surface area contributed by atoms with Crippen LogP contribution in [0.5, 0.6) is 0 Å². The molecule has 107 heavy (non-hydrogen) atoms. The molecule has 5 unspecified atom stereocenters. The maximum Gasteiger partial charge on any atom is 0.472 e. The van der Waals surface area contributed by atoms with Crippen molar-refractivity contribution in [3.8, 4) is 0 Å². The first-order valence-corrected chi connectivity index (χ1v) is 44.8. The summed E-state index contributed by atoms with van der Waals surface area (Å²) >= 11 is 0. The van der Waals surface area contributed by atoms with Gasteiger partial charge in [-0.25, -0.2) is 9.13 Å². The molecule has 0 fully saturated rings. The molecule has 0 spiro atoms. The minimum atomic E-state index is -4.94. The van der Waals surface area contributed by atoms with Crippen molar-refractivity contribution in [2.24, 2.45) is 0 Å². The zero-order chi connectivity index (χ0) is 78.0. The van der Waals surface area contributed by atoms with Crippen LogP contribution in [0.15, 0.2) is 158 Å². The van der Waals surface area contributed by atoms with Crippen molar-refractivity contribution >= 4 is 33.6 Å². The first-order chi connectivity index (χ1) is 52.2. The predicted molar refractivity (Wildman–Crippen MR) is 445 cm³/mol. The van der Waals surface area contributed by atoms with E-state index in [9.17, 15) is 43.5 Å². The molecule has 0 bridgehead atoms. The molecule has 0 aliphatic rings. The molecule has 0 aliphatic heterocycles. The van der Waals surface area contributed by atoms with Crippen molar-refractivity contribution < 1.29 is 75.8 Å². The van der Waals surface area contributed by atoms with Crippen molar-refractivity contribution in [2.45, 2.75) is 347 Å². The molecule has 4 N–H and O–H groups in total. The van der Waals surface area contributed by atoms with Crippen LogP contribution in [0.3, 0.4) is 0 Å². The van der Waals surface area contributed by atoms with Crippen LogP contribution in [0.25, 0.3) is 0 Å². The van der Waals surface area contributed by atoms with Gasteiger partial charge in [0.25, 0.3) is 0 Å². The van der Waals surface area contributed by atoms with E-state index in [1.54, 1.807) is 0 Å². The minimum Gasteiger partial charge on any atom is -0.463 e. The number of rotatable bonds is 78. The highest BCUT2D eigenvalue weighted by atomic mass is 31.2. The molecule has 0 aromatic carbocycles. The van der Waals surface area contributed by atoms with Crippen LogP contribution in [0.2, 0.25) is 0 Å². The van der Waals surface area contributed by atoms with E-state index < -0.39 is 91.5 Å². The highest BCUT2D eigenvalue weighted by Crippen LogP contribution is 2.45. The normalized spacial score (nSPS) is 14.7. The van der Waals surface area contributed by atoms with Crippen LogP contribution in [-0.4, -0.2) is 95.9 Å². The predicted octanol–water partition coefficient (Wildman–Crippen LogP) is 25.0. The van der Waals surface area contributed by atoms with Gasteiger partial charge in [0, 0.05) is 19.3 Å². The van der Waals surface area contributed by atoms with Gasteiger partial charge in [-0.15, -0.1) is 0 Å². The Morgan fingerprint density at radius 2 is 0.495 bits per heavy atom. The summed E-state index contributed by atoms with van der Waals surface area (Å²) in [6.45, 7) is 2.41. The number of aliphatic hydroxyl groups is 2. The molecule has 0 aliphatic carbocycles. The topological polar surface area (TPSA) is 231 Å². The lowest BCUT2D eigenvalue weighted by molar-refractivity contribution is -0.161. The number of hydrogen-bond acceptors (Lipinski definition) is 14. The molecule has 0 aromatic heterocycles. The third-order valence-corrected chi connectivity index (χ3v) is 19.1. The SMILES string of the molecule is CC/C=C\C/C=C\C/C=C\C/C=C\C/C=C\C/C=C\CCCCCCCCCCCCCCCCC(=O)OCC(O)COP(=O)(O)OCC(O)COP(=O)(O)OCC(COC(=O)CCCCCCC/C=C\C/C=C\C/C=C\C/C=C\CCCCC)OC(=O)CCCCCCCCC/C=C\C/C=C\C/C=C\CC. The minimum absolute atomic E-state index is 0.0852. The second-order valence-electron chi connectivity index (χ2n) is 27.5. The summed E-state index contributed by atoms with van der Waals surface area (Å²) in [5.74, 6) is -1.61. The van der Waals surface area contributed by atoms with E-state index in [1.165, 1.54) is 89.9 Å². The molecular weight excluding hydrogens is 1390 g/mol. The Kier molecular flexibility index (Phi) is 77.0. The van der Waals surface area contributed by atoms with E-state index in [2.05, 4.69) is 179 Å². The highest BCUT2D eigenvalue weighted by molar-refractivity contribution is 7.47. The fourth-order valence-corrected chi connectivity index (χ4v) is 12.5. The lowest BCUT2D eigenvalue weighted by Gasteiger charge is -2.21. The van der Waals surface area contributed by atoms with Gasteiger partial charge in [-0.1, -0.05) is 320 Å². The van der Waals surface area contributed by atoms with E-state index in [1.807, 2.05) is 0 Å². The van der Waals surface area contributed by atoms with Crippen molar-refractivity contribution in [1.82, 2.24) is 0 Å². The Morgan fingerprint density at radius 3 is 0.785 bits per heavy atom. The Bertz CT molecular complexity index is 2580. The first kappa shape index (κ1) is 102. The summed E-state index contributed by atoms with van der Waals surface area (Å²) in [6.07, 6.45) is 101. The van der Waals surface area contributed by atoms with E-state index in [0.29, 0.717) is 19.3 Å². The number of phosphoric ester groups is 2. The molecule has 0 heterocycles. The second-order valence-corrected chi connectivity index (χ2v) is 30.4. The second kappa shape index (κ2) is 80.7. The van der Waals surface area contributed by atoms with Crippen LogP contribution < -0.4 is 0 Å². The van der Waals surface area contributed by atoms with E-state index in [0.717, 1.165) is 180 Å². The number of carbonyl (C=O) groups excluding carboxylic acids is 3. The molecular formula is C89H150O16P2. The molecule has 612 valence electrons. The zero-order valence-electron chi connectivity index (χ0n) is 67.0. The van der Waals surface area contributed by atoms with Crippen LogP contribution in [-0.2, 0) is 55.8 Å². The van der Waals surface area contributed by atoms with Gasteiger partial charge in [0.05, 0.1) is 26.4 Å². The number of phosphoric acid groups is 2. The summed E-state index contributed by atoms with van der Waals surface area (Å²) in [5.41, 5.74) is 0. The van der Waals surface area contributed by atoms with Gasteiger partial charge in [0.2, 0.25) is 0 Å². The quantitative estimate of drug-likeness (QED) is 0.0146. The van der Waals surface area contributed by atoms with Crippen LogP contribution >= 0.6 is 15.6 Å². The van der Waals surface area contributed by atoms with Crippen LogP contribution in [0, 0.1) is 0 Å². The third-order valence-electron chi connectivity index (χ3n) is 17.2. The third kappa shape index (κ3) is 82.0. The summed E-state index contributed by atoms with van der Waals surface area (Å²) < 4.78 is 61.2. The maximum absolute atomic E-state index is 13.0. The molecule has 18 heteroatoms. The summed E-state index contributed by atoms with van der Waals surface area (Å²) in [4.78, 5) is 58.8. The molecule has 5 atom stereocenters. The van der Waals surface area contributed by atoms with E-state index in [-0.39, 0.29) is 19.3 Å². The van der Waals surface area contributed by atoms with Gasteiger partial charge in [0.1, 0.15) is 25.4 Å². The van der Waals surface area contributed by atoms with Crippen LogP contribution in [0.4, 0.5) is 0 Å². The summed E-state index contributed by atoms with van der Waals surface area (Å²) in [6, 6.07) is 0. The summed E-state index contributed by atoms with van der Waals surface area (Å²) in [7, 11) is -9.81. The van der Waals surface area contributed by atoms with Gasteiger partial charge < -0.3 is 34.2 Å². The van der Waals surface area contributed by atoms with Crippen molar-refractivity contribution in [2.75, 3.05) is 39.6 Å². The number of aliphatic hydroxyl groups excluding tert-OH is 2. The summed E-state index contributed by atoms with van der Waals surface area (Å²) in [5, 5.41) is 20.7. The Hall–Kier alpha value is -4.83. The lowest BCUT2D eigenvalue weighted by Crippen LogP contribution is -2.30. The lowest BCUT2D eigenvalue weighted by atomic mass is 10.0. The number of unbranched alkanes of at least 4 members (excludes halogenated alkanes) is 29. The fourth-order valence-electron chi connectivity index (χ4n) is 10.9. The van der Waals surface area contributed by atoms with Gasteiger partial charge >= 0.3 is 33.6 Å². The number of hydrogen-bond donors (Lipinski definition) is 4. The Labute approximate surface area is 650 Å². The average molecular weight is 1540 g/mol. The van der Waals surface area contributed by atoms with Crippen LogP contribution in [0.1, 0.15) is 329 Å². The fraction of sp³-hybridized carbons (Fsp3) is 0.674. The van der Waals surface area contributed by atoms with Crippen molar-refractivity contribution in [1.29, 1.82) is 0 Å². The average Bonchev–Trinajstić information content (AvgIpc) is 0.907. The largest absolute Gasteiger partial charge is 0.472 e. The van der Waals surface area contributed by atoms with Crippen molar-refractivity contribution in [3.63, 3.8) is 0 Å². The number of esters is 3. The Balaban J connectivity index is 4.52. The molecule has 0 saturated carbocycles. The molecule has 0 rings (SSSR count). The maximum atomic E-state index is 13.0. The molecule has 16 nitrogen and oxygen atoms in total. The standard InChI is InChI=1S/C89H150O16P2/c1-4-7-10-13-16-19-22-25-28-31-33-35-36-37-38-39-40-41-42-43-44-45-46-48-50-52-54-57-60-63-66-69-72-75-87(92)99-78-84(90)79-101-106(95,96)102-80-85(91)81-103-107(97,98)104-83-86(105-89(94)77-74-71-68-65-62-59-56-51-30-27-24-21-18-15-12-9-6-3)82-100-88(93)76-73-70-67-64-61-58-55-53-49-47-34-32-29-26-23-20-17-14-11-8-5-2/h7,9-10,12,16-21,25-30,33-35,37-38,40-41,47,53,55,84-86,90-91H,4-6,8,11,13-15,22-24,31-32,36,39,42-46,48-52,54,56-83H2,1-3H3,(H,95,96)(H,97,98)/b10-7-,12-9-,19-16-,20-17-,21-18-,28-25-,29-26-,30-27-,35-33-,38-37-,41-40-,47-34-,55-53-. The number of allylic oxidation sites excluding steroid dienone is 26. The zero-order valence-corrected chi connectivity index (χ0v) is 68.8. The van der Waals surface area contributed by atoms with E-state index in [4.69, 9.17) is 32.3 Å². The molecule has 0 radical (unpaired) electrons. The monoisotopic (exact) mass is 1540 g/mol. The number of ether oxygens (including phenoxy) is 3. The van der Waals surface area contributed by atoms with Gasteiger partial charge in [0.15, 0.2) is 6.10 Å². The van der Waals surface area contributed by atoms with E-state index >= 15 is 0 Å². The van der Waals surface area contributed by atoms with Gasteiger partial charge in [-0.2, -0.15) is 0 Å². The van der Waals surface area contributed by atoms with Gasteiger partial charge in [-0.05, 0) is 148 Å².